The zero-order valence-corrected chi connectivity index (χ0v) is 6.20. The molecular weight excluding hydrogens is 136 g/mol. The van der Waals surface area contributed by atoms with E-state index in [2.05, 4.69) is 16.8 Å². The molecule has 0 saturated heterocycles. The Balaban J connectivity index is 2.75. The lowest BCUT2D eigenvalue weighted by Gasteiger charge is -2.21. The van der Waals surface area contributed by atoms with E-state index in [-0.39, 0.29) is 0 Å². The lowest BCUT2D eigenvalue weighted by atomic mass is 10.4. The molecule has 54 valence electrons. The molecule has 1 aliphatic rings. The molecule has 0 radical (unpaired) electrons. The minimum absolute atomic E-state index is 0.493. The fraction of sp³-hybridized carbons (Fsp3) is 0.222. The minimum atomic E-state index is 0.493. The molecular formula is C9H9N2+. The highest BCUT2D eigenvalue weighted by atomic mass is 15.4. The fourth-order valence-electron chi connectivity index (χ4n) is 0.964. The van der Waals surface area contributed by atoms with Gasteiger partial charge in [-0.2, -0.15) is 0 Å². The van der Waals surface area contributed by atoms with Crippen molar-refractivity contribution in [2.75, 3.05) is 13.1 Å². The average molecular weight is 145 g/mol. The van der Waals surface area contributed by atoms with Crippen LogP contribution in [0.15, 0.2) is 17.4 Å². The van der Waals surface area contributed by atoms with Crippen LogP contribution >= 0.6 is 0 Å². The summed E-state index contributed by atoms with van der Waals surface area (Å²) in [5.74, 6) is 5.14. The second-order valence-corrected chi connectivity index (χ2v) is 2.39. The molecule has 0 atom stereocenters. The van der Waals surface area contributed by atoms with E-state index in [9.17, 15) is 0 Å². The molecule has 2 heteroatoms. The van der Waals surface area contributed by atoms with Crippen LogP contribution in [0.5, 0.6) is 0 Å². The van der Waals surface area contributed by atoms with Crippen molar-refractivity contribution >= 4 is 6.34 Å². The highest BCUT2D eigenvalue weighted by Gasteiger charge is 2.22. The molecule has 1 rings (SSSR count). The van der Waals surface area contributed by atoms with E-state index in [1.165, 1.54) is 0 Å². The number of terminal acetylenes is 2. The van der Waals surface area contributed by atoms with Crippen LogP contribution in [-0.4, -0.2) is 23.9 Å². The van der Waals surface area contributed by atoms with Gasteiger partial charge < -0.3 is 0 Å². The molecule has 11 heavy (non-hydrogen) atoms. The van der Waals surface area contributed by atoms with Crippen molar-refractivity contribution < 1.29 is 4.48 Å². The normalized spacial score (nSPS) is 17.6. The fourth-order valence-corrected chi connectivity index (χ4v) is 0.964. The number of quaternary nitrogens is 1. The zero-order chi connectivity index (χ0) is 8.16. The van der Waals surface area contributed by atoms with Gasteiger partial charge in [-0.25, -0.2) is 9.48 Å². The van der Waals surface area contributed by atoms with Gasteiger partial charge in [-0.15, -0.1) is 12.8 Å². The Morgan fingerprint density at radius 2 is 1.91 bits per heavy atom. The second-order valence-electron chi connectivity index (χ2n) is 2.39. The van der Waals surface area contributed by atoms with E-state index < -0.39 is 0 Å². The van der Waals surface area contributed by atoms with Crippen LogP contribution in [-0.2, 0) is 0 Å². The largest absolute Gasteiger partial charge is 0.233 e. The maximum Gasteiger partial charge on any atom is 0.196 e. The van der Waals surface area contributed by atoms with Crippen LogP contribution in [0.2, 0.25) is 0 Å². The van der Waals surface area contributed by atoms with E-state index in [0.29, 0.717) is 17.6 Å². The molecule has 0 aromatic rings. The van der Waals surface area contributed by atoms with Crippen LogP contribution in [0.3, 0.4) is 0 Å². The highest BCUT2D eigenvalue weighted by molar-refractivity contribution is 5.51. The molecule has 0 amide bonds. The Morgan fingerprint density at radius 1 is 1.27 bits per heavy atom. The third-order valence-electron chi connectivity index (χ3n) is 1.52. The third-order valence-corrected chi connectivity index (χ3v) is 1.52. The van der Waals surface area contributed by atoms with Crippen molar-refractivity contribution in [3.05, 3.63) is 12.4 Å². The molecule has 0 aliphatic carbocycles. The summed E-state index contributed by atoms with van der Waals surface area (Å²) in [6, 6.07) is 0. The summed E-state index contributed by atoms with van der Waals surface area (Å²) in [6.07, 6.45) is 15.8. The maximum absolute atomic E-state index is 5.19. The Kier molecular flexibility index (Phi) is 2.11. The summed E-state index contributed by atoms with van der Waals surface area (Å²) in [4.78, 5) is 3.95. The summed E-state index contributed by atoms with van der Waals surface area (Å²) in [7, 11) is 0. The summed E-state index contributed by atoms with van der Waals surface area (Å²) in [6.45, 7) is 1.15. The van der Waals surface area contributed by atoms with Gasteiger partial charge >= 0.3 is 0 Å². The van der Waals surface area contributed by atoms with Crippen LogP contribution in [0.1, 0.15) is 0 Å². The van der Waals surface area contributed by atoms with Gasteiger partial charge in [-0.3, -0.25) is 0 Å². The number of hydrogen-bond acceptors (Lipinski definition) is 1. The van der Waals surface area contributed by atoms with Gasteiger partial charge in [0.15, 0.2) is 19.4 Å². The zero-order valence-electron chi connectivity index (χ0n) is 6.20. The van der Waals surface area contributed by atoms with Crippen LogP contribution in [0.25, 0.3) is 0 Å². The van der Waals surface area contributed by atoms with Gasteiger partial charge in [0.05, 0.1) is 6.20 Å². The summed E-state index contributed by atoms with van der Waals surface area (Å²) in [5.41, 5.74) is 0. The van der Waals surface area contributed by atoms with Gasteiger partial charge in [0.25, 0.3) is 0 Å². The second kappa shape index (κ2) is 3.05. The molecule has 1 aliphatic heterocycles. The van der Waals surface area contributed by atoms with Crippen molar-refractivity contribution in [2.45, 2.75) is 0 Å². The molecule has 1 heterocycles. The van der Waals surface area contributed by atoms with E-state index in [1.807, 2.05) is 6.20 Å². The van der Waals surface area contributed by atoms with Gasteiger partial charge in [-0.05, 0) is 11.8 Å². The molecule has 0 N–H and O–H groups in total. The van der Waals surface area contributed by atoms with Gasteiger partial charge in [0.1, 0.15) is 6.20 Å². The van der Waals surface area contributed by atoms with Gasteiger partial charge in [-0.1, -0.05) is 0 Å². The van der Waals surface area contributed by atoms with Crippen molar-refractivity contribution in [1.29, 1.82) is 0 Å². The molecule has 0 aromatic heterocycles. The first-order chi connectivity index (χ1) is 5.33. The molecule has 0 saturated carbocycles. The Bertz CT molecular complexity index is 243. The lowest BCUT2D eigenvalue weighted by molar-refractivity contribution is -0.762. The number of nitrogens with zero attached hydrogens (tertiary/aromatic N) is 2. The Labute approximate surface area is 66.8 Å². The van der Waals surface area contributed by atoms with Crippen LogP contribution in [0, 0.1) is 24.7 Å². The number of hydrogen-bond donors (Lipinski definition) is 0. The number of rotatable bonds is 2. The molecule has 0 fully saturated rings. The molecule has 0 aromatic carbocycles. The molecule has 0 bridgehead atoms. The minimum Gasteiger partial charge on any atom is -0.233 e. The van der Waals surface area contributed by atoms with E-state index in [1.54, 1.807) is 12.5 Å². The van der Waals surface area contributed by atoms with Gasteiger partial charge in [0, 0.05) is 0 Å². The summed E-state index contributed by atoms with van der Waals surface area (Å²) < 4.78 is 0.493. The van der Waals surface area contributed by atoms with Crippen molar-refractivity contribution in [2.24, 2.45) is 4.99 Å². The summed E-state index contributed by atoms with van der Waals surface area (Å²) >= 11 is 0. The first-order valence-corrected chi connectivity index (χ1v) is 3.28. The van der Waals surface area contributed by atoms with Gasteiger partial charge in [0.2, 0.25) is 0 Å². The molecule has 2 nitrogen and oxygen atoms in total. The SMILES string of the molecule is C#CC[N+]1(CC#C)C=CN=C1. The predicted octanol–water partition coefficient (Wildman–Crippen LogP) is 0.583. The Morgan fingerprint density at radius 3 is 2.27 bits per heavy atom. The standard InChI is InChI=1S/C9H9N2/c1-3-6-11(7-4-2)8-5-10-9-11/h1-2,5,8-9H,6-7H2/q+1. The van der Waals surface area contributed by atoms with Crippen molar-refractivity contribution in [3.8, 4) is 24.7 Å². The smallest absolute Gasteiger partial charge is 0.196 e. The van der Waals surface area contributed by atoms with E-state index in [0.717, 1.165) is 0 Å². The maximum atomic E-state index is 5.19. The van der Waals surface area contributed by atoms with Crippen molar-refractivity contribution in [1.82, 2.24) is 0 Å². The first kappa shape index (κ1) is 7.60. The predicted molar refractivity (Wildman–Crippen MR) is 45.3 cm³/mol. The first-order valence-electron chi connectivity index (χ1n) is 3.28. The van der Waals surface area contributed by atoms with Crippen LogP contribution < -0.4 is 0 Å². The number of aliphatic imine (C=N–C) groups is 1. The van der Waals surface area contributed by atoms with E-state index in [4.69, 9.17) is 12.8 Å². The van der Waals surface area contributed by atoms with Crippen LogP contribution in [0.4, 0.5) is 0 Å². The van der Waals surface area contributed by atoms with Crippen molar-refractivity contribution in [3.63, 3.8) is 0 Å². The molecule has 0 unspecified atom stereocenters. The quantitative estimate of drug-likeness (QED) is 0.398. The average Bonchev–Trinajstić information content (AvgIpc) is 2.39. The Hall–Kier alpha value is -1.51. The topological polar surface area (TPSA) is 12.4 Å². The summed E-state index contributed by atoms with van der Waals surface area (Å²) in [5, 5.41) is 0. The monoisotopic (exact) mass is 145 g/mol. The molecule has 0 spiro atoms. The lowest BCUT2D eigenvalue weighted by Crippen LogP contribution is -2.40. The highest BCUT2D eigenvalue weighted by Crippen LogP contribution is 2.08. The van der Waals surface area contributed by atoms with E-state index >= 15 is 0 Å². The third kappa shape index (κ3) is 1.49.